The third-order valence-corrected chi connectivity index (χ3v) is 3.86. The Morgan fingerprint density at radius 1 is 1.25 bits per heavy atom. The second-order valence-electron chi connectivity index (χ2n) is 5.10. The number of imidazole rings is 1. The number of fused-ring (bicyclic) bond motifs is 1. The molecular weight excluding hydrogens is 340 g/mol. The van der Waals surface area contributed by atoms with Gasteiger partial charge in [-0.05, 0) is 30.3 Å². The van der Waals surface area contributed by atoms with Crippen LogP contribution in [-0.4, -0.2) is 22.0 Å². The fourth-order valence-corrected chi connectivity index (χ4v) is 2.69. The summed E-state index contributed by atoms with van der Waals surface area (Å²) in [6, 6.07) is 7.88. The molecule has 1 aromatic heterocycles. The molecule has 0 radical (unpaired) electrons. The lowest BCUT2D eigenvalue weighted by Gasteiger charge is -2.08. The summed E-state index contributed by atoms with van der Waals surface area (Å²) in [5, 5.41) is 2.52. The summed E-state index contributed by atoms with van der Waals surface area (Å²) in [5.74, 6) is -1.85. The lowest BCUT2D eigenvalue weighted by Crippen LogP contribution is -2.30. The Labute approximate surface area is 139 Å². The molecule has 0 aliphatic carbocycles. The van der Waals surface area contributed by atoms with Crippen molar-refractivity contribution in [2.75, 3.05) is 6.54 Å². The summed E-state index contributed by atoms with van der Waals surface area (Å²) >= 11 is 5.82. The van der Waals surface area contributed by atoms with Gasteiger partial charge in [0.1, 0.15) is 11.6 Å². The minimum absolute atomic E-state index is 0.00670. The maximum Gasteiger partial charge on any atom is 0.326 e. The first kappa shape index (κ1) is 16.2. The van der Waals surface area contributed by atoms with Crippen LogP contribution in [0, 0.1) is 11.6 Å². The number of nitrogens with zero attached hydrogens (tertiary/aromatic N) is 1. The van der Waals surface area contributed by atoms with Crippen LogP contribution in [0.25, 0.3) is 11.0 Å². The van der Waals surface area contributed by atoms with E-state index in [9.17, 15) is 18.4 Å². The Bertz CT molecular complexity index is 961. The van der Waals surface area contributed by atoms with Crippen LogP contribution in [0.15, 0.2) is 41.2 Å². The van der Waals surface area contributed by atoms with E-state index in [1.54, 1.807) is 0 Å². The van der Waals surface area contributed by atoms with Gasteiger partial charge in [-0.2, -0.15) is 0 Å². The fourth-order valence-electron chi connectivity index (χ4n) is 2.44. The zero-order valence-electron chi connectivity index (χ0n) is 12.3. The SMILES string of the molecule is O=C(NCCn1c(=O)[nH]c2cc(F)ccc21)c1c(F)cccc1Cl. The normalized spacial score (nSPS) is 11.0. The van der Waals surface area contributed by atoms with Gasteiger partial charge in [0.15, 0.2) is 0 Å². The highest BCUT2D eigenvalue weighted by atomic mass is 35.5. The molecule has 3 rings (SSSR count). The Morgan fingerprint density at radius 2 is 2.04 bits per heavy atom. The summed E-state index contributed by atoms with van der Waals surface area (Å²) in [6.07, 6.45) is 0. The number of aromatic nitrogens is 2. The Morgan fingerprint density at radius 3 is 2.79 bits per heavy atom. The van der Waals surface area contributed by atoms with Gasteiger partial charge in [0.25, 0.3) is 5.91 Å². The zero-order valence-corrected chi connectivity index (χ0v) is 13.0. The second kappa shape index (κ2) is 6.45. The molecule has 0 saturated heterocycles. The van der Waals surface area contributed by atoms with Crippen molar-refractivity contribution in [3.63, 3.8) is 0 Å². The Kier molecular flexibility index (Phi) is 4.35. The third-order valence-electron chi connectivity index (χ3n) is 3.55. The van der Waals surface area contributed by atoms with Crippen LogP contribution >= 0.6 is 11.6 Å². The van der Waals surface area contributed by atoms with Gasteiger partial charge in [0.2, 0.25) is 0 Å². The summed E-state index contributed by atoms with van der Waals surface area (Å²) < 4.78 is 28.2. The molecule has 0 spiro atoms. The van der Waals surface area contributed by atoms with Crippen LogP contribution < -0.4 is 11.0 Å². The van der Waals surface area contributed by atoms with E-state index in [-0.39, 0.29) is 23.7 Å². The van der Waals surface area contributed by atoms with Gasteiger partial charge in [-0.15, -0.1) is 0 Å². The molecule has 3 aromatic rings. The van der Waals surface area contributed by atoms with E-state index in [1.807, 2.05) is 0 Å². The quantitative estimate of drug-likeness (QED) is 0.759. The lowest BCUT2D eigenvalue weighted by atomic mass is 10.2. The second-order valence-corrected chi connectivity index (χ2v) is 5.50. The van der Waals surface area contributed by atoms with E-state index >= 15 is 0 Å². The van der Waals surface area contributed by atoms with Crippen molar-refractivity contribution in [3.8, 4) is 0 Å². The van der Waals surface area contributed by atoms with E-state index in [0.29, 0.717) is 11.0 Å². The molecule has 2 aromatic carbocycles. The summed E-state index contributed by atoms with van der Waals surface area (Å²) in [6.45, 7) is 0.218. The number of hydrogen-bond acceptors (Lipinski definition) is 2. The largest absolute Gasteiger partial charge is 0.350 e. The number of nitrogens with one attached hydrogen (secondary N) is 2. The van der Waals surface area contributed by atoms with Crippen molar-refractivity contribution in [3.05, 3.63) is 69.1 Å². The first-order valence-electron chi connectivity index (χ1n) is 7.07. The van der Waals surface area contributed by atoms with E-state index in [4.69, 9.17) is 11.6 Å². The number of hydrogen-bond donors (Lipinski definition) is 2. The van der Waals surface area contributed by atoms with Gasteiger partial charge >= 0.3 is 5.69 Å². The molecule has 0 aliphatic rings. The predicted octanol–water partition coefficient (Wildman–Crippen LogP) is 2.69. The van der Waals surface area contributed by atoms with Crippen LogP contribution in [0.2, 0.25) is 5.02 Å². The highest BCUT2D eigenvalue weighted by Gasteiger charge is 2.15. The standard InChI is InChI=1S/C16H12ClF2N3O2/c17-10-2-1-3-11(19)14(10)15(23)20-6-7-22-13-5-4-9(18)8-12(13)21-16(22)24/h1-5,8H,6-7H2,(H,20,23)(H,21,24). The first-order chi connectivity index (χ1) is 11.5. The lowest BCUT2D eigenvalue weighted by molar-refractivity contribution is 0.0948. The highest BCUT2D eigenvalue weighted by molar-refractivity contribution is 6.33. The maximum atomic E-state index is 13.7. The Balaban J connectivity index is 1.74. The van der Waals surface area contributed by atoms with Crippen molar-refractivity contribution in [1.82, 2.24) is 14.9 Å². The molecule has 1 heterocycles. The van der Waals surface area contributed by atoms with Crippen molar-refractivity contribution < 1.29 is 13.6 Å². The molecule has 0 fully saturated rings. The van der Waals surface area contributed by atoms with E-state index in [2.05, 4.69) is 10.3 Å². The number of carbonyl (C=O) groups excluding carboxylic acids is 1. The summed E-state index contributed by atoms with van der Waals surface area (Å²) in [7, 11) is 0. The van der Waals surface area contributed by atoms with E-state index in [0.717, 1.165) is 6.07 Å². The molecule has 8 heteroatoms. The number of H-pyrrole nitrogens is 1. The monoisotopic (exact) mass is 351 g/mol. The number of rotatable bonds is 4. The van der Waals surface area contributed by atoms with E-state index < -0.39 is 23.2 Å². The van der Waals surface area contributed by atoms with Gasteiger partial charge in [-0.3, -0.25) is 9.36 Å². The minimum atomic E-state index is -0.722. The van der Waals surface area contributed by atoms with Crippen molar-refractivity contribution in [1.29, 1.82) is 0 Å². The van der Waals surface area contributed by atoms with Crippen LogP contribution in [0.5, 0.6) is 0 Å². The minimum Gasteiger partial charge on any atom is -0.350 e. The fraction of sp³-hybridized carbons (Fsp3) is 0.125. The van der Waals surface area contributed by atoms with Crippen molar-refractivity contribution in [2.45, 2.75) is 6.54 Å². The number of aromatic amines is 1. The molecule has 5 nitrogen and oxygen atoms in total. The van der Waals surface area contributed by atoms with Gasteiger partial charge in [0, 0.05) is 13.1 Å². The molecule has 24 heavy (non-hydrogen) atoms. The van der Waals surface area contributed by atoms with Crippen LogP contribution in [-0.2, 0) is 6.54 Å². The molecule has 0 unspecified atom stereocenters. The topological polar surface area (TPSA) is 66.9 Å². The smallest absolute Gasteiger partial charge is 0.326 e. The van der Waals surface area contributed by atoms with Crippen LogP contribution in [0.3, 0.4) is 0 Å². The van der Waals surface area contributed by atoms with Crippen LogP contribution in [0.4, 0.5) is 8.78 Å². The van der Waals surface area contributed by atoms with Crippen molar-refractivity contribution >= 4 is 28.5 Å². The molecule has 0 bridgehead atoms. The predicted molar refractivity (Wildman–Crippen MR) is 86.3 cm³/mol. The zero-order chi connectivity index (χ0) is 17.3. The molecule has 1 amide bonds. The van der Waals surface area contributed by atoms with Gasteiger partial charge in [-0.25, -0.2) is 13.6 Å². The molecule has 0 atom stereocenters. The molecular formula is C16H12ClF2N3O2. The number of halogens is 3. The summed E-state index contributed by atoms with van der Waals surface area (Å²) in [4.78, 5) is 26.5. The maximum absolute atomic E-state index is 13.7. The van der Waals surface area contributed by atoms with E-state index in [1.165, 1.54) is 34.9 Å². The average molecular weight is 352 g/mol. The molecule has 0 aliphatic heterocycles. The summed E-state index contributed by atoms with van der Waals surface area (Å²) in [5.41, 5.74) is 0.212. The van der Waals surface area contributed by atoms with Gasteiger partial charge in [-0.1, -0.05) is 17.7 Å². The third kappa shape index (κ3) is 3.03. The average Bonchev–Trinajstić information content (AvgIpc) is 2.82. The molecule has 0 saturated carbocycles. The van der Waals surface area contributed by atoms with Crippen molar-refractivity contribution in [2.24, 2.45) is 0 Å². The number of amides is 1. The number of benzene rings is 2. The molecule has 124 valence electrons. The Hall–Kier alpha value is -2.67. The molecule has 2 N–H and O–H groups in total. The van der Waals surface area contributed by atoms with Gasteiger partial charge < -0.3 is 10.3 Å². The highest BCUT2D eigenvalue weighted by Crippen LogP contribution is 2.18. The van der Waals surface area contributed by atoms with Gasteiger partial charge in [0.05, 0.1) is 21.6 Å². The number of carbonyl (C=O) groups is 1. The van der Waals surface area contributed by atoms with Crippen LogP contribution in [0.1, 0.15) is 10.4 Å². The first-order valence-corrected chi connectivity index (χ1v) is 7.45.